The highest BCUT2D eigenvalue weighted by molar-refractivity contribution is 7.91. The number of H-pyrrole nitrogens is 1. The second-order valence-corrected chi connectivity index (χ2v) is 11.9. The van der Waals surface area contributed by atoms with Gasteiger partial charge in [-0.05, 0) is 36.3 Å². The molecule has 0 amide bonds. The van der Waals surface area contributed by atoms with Crippen LogP contribution in [0.4, 0.5) is 0 Å². The molecule has 2 N–H and O–H groups in total. The van der Waals surface area contributed by atoms with Gasteiger partial charge in [-0.15, -0.1) is 11.3 Å². The Morgan fingerprint density at radius 2 is 1.94 bits per heavy atom. The average Bonchev–Trinajstić information content (AvgIpc) is 3.13. The molecule has 0 radical (unpaired) electrons. The normalized spacial score (nSPS) is 21.3. The van der Waals surface area contributed by atoms with Crippen LogP contribution < -0.4 is 5.56 Å². The zero-order valence-corrected chi connectivity index (χ0v) is 18.8. The molecule has 1 atom stereocenters. The van der Waals surface area contributed by atoms with Crippen molar-refractivity contribution in [1.82, 2.24) is 14.9 Å². The molecule has 9 heteroatoms. The highest BCUT2D eigenvalue weighted by atomic mass is 32.2. The van der Waals surface area contributed by atoms with Gasteiger partial charge in [-0.2, -0.15) is 0 Å². The van der Waals surface area contributed by atoms with Gasteiger partial charge in [0, 0.05) is 36.7 Å². The predicted octanol–water partition coefficient (Wildman–Crippen LogP) is 1.98. The summed E-state index contributed by atoms with van der Waals surface area (Å²) in [4.78, 5) is 24.6. The Morgan fingerprint density at radius 3 is 2.65 bits per heavy atom. The molecule has 7 nitrogen and oxygen atoms in total. The molecular formula is C22H25N3O4S2. The number of benzene rings is 1. The molecule has 0 saturated carbocycles. The number of aromatic amines is 1. The molecule has 31 heavy (non-hydrogen) atoms. The van der Waals surface area contributed by atoms with E-state index < -0.39 is 9.84 Å². The van der Waals surface area contributed by atoms with Gasteiger partial charge in [-0.25, -0.2) is 13.4 Å². The van der Waals surface area contributed by atoms with E-state index in [1.807, 2.05) is 24.3 Å². The van der Waals surface area contributed by atoms with Crippen LogP contribution >= 0.6 is 11.3 Å². The van der Waals surface area contributed by atoms with Crippen LogP contribution in [0.5, 0.6) is 0 Å². The first kappa shape index (κ1) is 20.8. The van der Waals surface area contributed by atoms with Crippen LogP contribution in [0.2, 0.25) is 0 Å². The molecule has 164 valence electrons. The molecule has 3 aromatic rings. The van der Waals surface area contributed by atoms with Gasteiger partial charge in [0.25, 0.3) is 5.56 Å². The maximum Gasteiger partial charge on any atom is 0.260 e. The number of thiophene rings is 1. The Kier molecular flexibility index (Phi) is 5.45. The molecule has 5 rings (SSSR count). The van der Waals surface area contributed by atoms with Crippen LogP contribution in [0.3, 0.4) is 0 Å². The van der Waals surface area contributed by atoms with E-state index in [9.17, 15) is 18.3 Å². The molecule has 0 spiro atoms. The van der Waals surface area contributed by atoms with E-state index >= 15 is 0 Å². The summed E-state index contributed by atoms with van der Waals surface area (Å²) in [7, 11) is -2.87. The van der Waals surface area contributed by atoms with E-state index in [2.05, 4.69) is 9.88 Å². The van der Waals surface area contributed by atoms with Crippen LogP contribution in [0.1, 0.15) is 22.4 Å². The maximum atomic E-state index is 12.8. The number of nitrogens with zero attached hydrogens (tertiary/aromatic N) is 2. The SMILES string of the molecule is O=c1[nH]c(-c2ccc(CN3CCS(=O)(=O)CC3)cc2)nc2sc3c(c12)CCC(CO)C3. The third-order valence-electron chi connectivity index (χ3n) is 6.35. The van der Waals surface area contributed by atoms with Crippen LogP contribution in [0.15, 0.2) is 29.1 Å². The summed E-state index contributed by atoms with van der Waals surface area (Å²) in [6.07, 6.45) is 2.53. The monoisotopic (exact) mass is 459 g/mol. The van der Waals surface area contributed by atoms with Gasteiger partial charge in [-0.3, -0.25) is 9.69 Å². The van der Waals surface area contributed by atoms with Crippen molar-refractivity contribution < 1.29 is 13.5 Å². The summed E-state index contributed by atoms with van der Waals surface area (Å²) < 4.78 is 23.2. The number of fused-ring (bicyclic) bond motifs is 3. The number of hydrogen-bond donors (Lipinski definition) is 2. The Balaban J connectivity index is 1.38. The van der Waals surface area contributed by atoms with Gasteiger partial charge < -0.3 is 10.1 Å². The summed E-state index contributed by atoms with van der Waals surface area (Å²) in [6.45, 7) is 2.02. The first-order valence-electron chi connectivity index (χ1n) is 10.6. The highest BCUT2D eigenvalue weighted by Gasteiger charge is 2.25. The Labute approximate surface area is 184 Å². The van der Waals surface area contributed by atoms with E-state index in [-0.39, 0.29) is 29.6 Å². The zero-order valence-electron chi connectivity index (χ0n) is 17.1. The summed E-state index contributed by atoms with van der Waals surface area (Å²) in [6, 6.07) is 7.92. The standard InChI is InChI=1S/C22H25N3O4S2/c26-13-15-3-6-17-18(11-15)30-22-19(17)21(27)23-20(24-22)16-4-1-14(2-5-16)12-25-7-9-31(28,29)10-8-25/h1-2,4-5,15,26H,3,6-13H2,(H,23,24,27). The quantitative estimate of drug-likeness (QED) is 0.618. The second-order valence-electron chi connectivity index (χ2n) is 8.51. The van der Waals surface area contributed by atoms with Crippen LogP contribution in [-0.4, -0.2) is 59.6 Å². The largest absolute Gasteiger partial charge is 0.396 e. The summed E-state index contributed by atoms with van der Waals surface area (Å²) in [5.74, 6) is 1.28. The predicted molar refractivity (Wildman–Crippen MR) is 122 cm³/mol. The van der Waals surface area contributed by atoms with Crippen LogP contribution in [0, 0.1) is 5.92 Å². The van der Waals surface area contributed by atoms with Crippen LogP contribution in [-0.2, 0) is 29.2 Å². The van der Waals surface area contributed by atoms with Crippen molar-refractivity contribution in [1.29, 1.82) is 0 Å². The minimum atomic E-state index is -2.87. The number of sulfone groups is 1. The molecule has 1 aliphatic heterocycles. The number of aromatic nitrogens is 2. The number of aliphatic hydroxyl groups is 1. The fourth-order valence-corrected chi connectivity index (χ4v) is 7.09. The van der Waals surface area contributed by atoms with Crippen molar-refractivity contribution in [3.05, 3.63) is 50.6 Å². The molecule has 2 aromatic heterocycles. The van der Waals surface area contributed by atoms with Gasteiger partial charge in [0.2, 0.25) is 0 Å². The third-order valence-corrected chi connectivity index (χ3v) is 9.11. The molecule has 1 unspecified atom stereocenters. The van der Waals surface area contributed by atoms with Gasteiger partial charge >= 0.3 is 0 Å². The lowest BCUT2D eigenvalue weighted by Gasteiger charge is -2.26. The van der Waals surface area contributed by atoms with E-state index in [0.29, 0.717) is 30.8 Å². The number of aryl methyl sites for hydroxylation is 1. The first-order chi connectivity index (χ1) is 14.9. The Morgan fingerprint density at radius 1 is 1.19 bits per heavy atom. The average molecular weight is 460 g/mol. The highest BCUT2D eigenvalue weighted by Crippen LogP contribution is 2.36. The first-order valence-corrected chi connectivity index (χ1v) is 13.2. The van der Waals surface area contributed by atoms with Gasteiger partial charge in [0.1, 0.15) is 10.7 Å². The van der Waals surface area contributed by atoms with Crippen molar-refractivity contribution in [2.75, 3.05) is 31.2 Å². The lowest BCUT2D eigenvalue weighted by atomic mass is 9.88. The summed E-state index contributed by atoms with van der Waals surface area (Å²) in [5.41, 5.74) is 2.96. The topological polar surface area (TPSA) is 103 Å². The van der Waals surface area contributed by atoms with E-state index in [1.165, 1.54) is 4.88 Å². The number of hydrogen-bond acceptors (Lipinski definition) is 7. The lowest BCUT2D eigenvalue weighted by molar-refractivity contribution is 0.214. The molecule has 1 saturated heterocycles. The number of rotatable bonds is 4. The lowest BCUT2D eigenvalue weighted by Crippen LogP contribution is -2.39. The molecule has 3 heterocycles. The zero-order chi connectivity index (χ0) is 21.6. The minimum absolute atomic E-state index is 0.0986. The van der Waals surface area contributed by atoms with Gasteiger partial charge in [-0.1, -0.05) is 24.3 Å². The van der Waals surface area contributed by atoms with Gasteiger partial charge in [0.05, 0.1) is 16.9 Å². The summed E-state index contributed by atoms with van der Waals surface area (Å²) >= 11 is 1.57. The third kappa shape index (κ3) is 4.19. The maximum absolute atomic E-state index is 12.8. The minimum Gasteiger partial charge on any atom is -0.396 e. The molecule has 1 aromatic carbocycles. The van der Waals surface area contributed by atoms with Crippen molar-refractivity contribution in [2.45, 2.75) is 25.8 Å². The van der Waals surface area contributed by atoms with E-state index in [1.54, 1.807) is 11.3 Å². The van der Waals surface area contributed by atoms with Crippen LogP contribution in [0.25, 0.3) is 21.6 Å². The smallest absolute Gasteiger partial charge is 0.260 e. The molecule has 0 bridgehead atoms. The Bertz CT molecular complexity index is 1260. The van der Waals surface area contributed by atoms with Crippen molar-refractivity contribution >= 4 is 31.4 Å². The number of aliphatic hydroxyl groups excluding tert-OH is 1. The fraction of sp³-hybridized carbons (Fsp3) is 0.455. The molecule has 1 aliphatic carbocycles. The van der Waals surface area contributed by atoms with Crippen molar-refractivity contribution in [2.24, 2.45) is 5.92 Å². The van der Waals surface area contributed by atoms with E-state index in [4.69, 9.17) is 4.98 Å². The fourth-order valence-electron chi connectivity index (χ4n) is 4.48. The molecular weight excluding hydrogens is 434 g/mol. The second kappa shape index (κ2) is 8.12. The summed E-state index contributed by atoms with van der Waals surface area (Å²) in [5, 5.41) is 10.2. The van der Waals surface area contributed by atoms with Gasteiger partial charge in [0.15, 0.2) is 9.84 Å². The number of nitrogens with one attached hydrogen (secondary N) is 1. The Hall–Kier alpha value is -2.07. The van der Waals surface area contributed by atoms with Crippen molar-refractivity contribution in [3.8, 4) is 11.4 Å². The van der Waals surface area contributed by atoms with E-state index in [0.717, 1.165) is 40.8 Å². The molecule has 1 fully saturated rings. The molecule has 2 aliphatic rings. The van der Waals surface area contributed by atoms with Crippen molar-refractivity contribution in [3.63, 3.8) is 0 Å².